The second-order valence-corrected chi connectivity index (χ2v) is 8.14. The molecule has 0 fully saturated rings. The molecule has 0 unspecified atom stereocenters. The molecule has 2 N–H and O–H groups in total. The molecule has 0 aliphatic heterocycles. The zero-order valence-electron chi connectivity index (χ0n) is 16.3. The fraction of sp³-hybridized carbons (Fsp3) is 0.421. The highest BCUT2D eigenvalue weighted by molar-refractivity contribution is 7.98. The normalized spacial score (nSPS) is 11.5. The Balaban J connectivity index is 1.84. The third-order valence-electron chi connectivity index (χ3n) is 3.75. The first-order valence-electron chi connectivity index (χ1n) is 8.57. The Morgan fingerprint density at radius 1 is 1.15 bits per heavy atom. The molecule has 0 saturated heterocycles. The number of carbonyl (C=O) groups excluding carboxylic acids is 2. The maximum absolute atomic E-state index is 12.2. The molecule has 2 amide bonds. The number of hydrogen-bond donors (Lipinski definition) is 2. The molecule has 1 aromatic heterocycles. The minimum absolute atomic E-state index is 0.0587. The van der Waals surface area contributed by atoms with Crippen molar-refractivity contribution in [1.29, 1.82) is 0 Å². The van der Waals surface area contributed by atoms with Crippen molar-refractivity contribution in [3.8, 4) is 0 Å². The summed E-state index contributed by atoms with van der Waals surface area (Å²) in [6.07, 6.45) is 1.95. The SMILES string of the molecule is CSc1ccccc1NC(=O)CN(C)CC(=O)Nc1cc(C(C)(C)C)no1. The Bertz CT molecular complexity index is 798. The number of hydrogen-bond acceptors (Lipinski definition) is 6. The van der Waals surface area contributed by atoms with Crippen molar-refractivity contribution in [1.82, 2.24) is 10.1 Å². The Hall–Kier alpha value is -2.32. The number of anilines is 2. The number of amides is 2. The quantitative estimate of drug-likeness (QED) is 0.706. The van der Waals surface area contributed by atoms with Crippen molar-refractivity contribution < 1.29 is 14.1 Å². The van der Waals surface area contributed by atoms with E-state index in [1.165, 1.54) is 0 Å². The zero-order chi connectivity index (χ0) is 20.0. The van der Waals surface area contributed by atoms with Crippen molar-refractivity contribution in [3.05, 3.63) is 36.0 Å². The summed E-state index contributed by atoms with van der Waals surface area (Å²) in [6, 6.07) is 9.31. The largest absolute Gasteiger partial charge is 0.338 e. The predicted molar refractivity (Wildman–Crippen MR) is 108 cm³/mol. The molecule has 0 aliphatic rings. The number of thioether (sulfide) groups is 1. The summed E-state index contributed by atoms with van der Waals surface area (Å²) in [5, 5.41) is 9.50. The molecule has 0 aliphatic carbocycles. The van der Waals surface area contributed by atoms with Crippen LogP contribution in [-0.4, -0.2) is 48.3 Å². The van der Waals surface area contributed by atoms with Crippen LogP contribution in [-0.2, 0) is 15.0 Å². The van der Waals surface area contributed by atoms with Crippen molar-refractivity contribution in [2.24, 2.45) is 0 Å². The van der Waals surface area contributed by atoms with Crippen LogP contribution in [0.5, 0.6) is 0 Å². The summed E-state index contributed by atoms with van der Waals surface area (Å²) in [6.45, 7) is 6.19. The average Bonchev–Trinajstić information content (AvgIpc) is 3.03. The molecular weight excluding hydrogens is 364 g/mol. The van der Waals surface area contributed by atoms with Gasteiger partial charge >= 0.3 is 0 Å². The van der Waals surface area contributed by atoms with E-state index in [1.54, 1.807) is 29.8 Å². The predicted octanol–water partition coefficient (Wildman–Crippen LogP) is 3.20. The topological polar surface area (TPSA) is 87.5 Å². The van der Waals surface area contributed by atoms with Gasteiger partial charge in [-0.15, -0.1) is 11.8 Å². The summed E-state index contributed by atoms with van der Waals surface area (Å²) in [7, 11) is 1.71. The molecule has 0 radical (unpaired) electrons. The number of rotatable bonds is 7. The van der Waals surface area contributed by atoms with Gasteiger partial charge in [-0.05, 0) is 25.4 Å². The number of carbonyl (C=O) groups is 2. The highest BCUT2D eigenvalue weighted by atomic mass is 32.2. The number of aromatic nitrogens is 1. The van der Waals surface area contributed by atoms with Crippen LogP contribution in [0.3, 0.4) is 0 Å². The first-order valence-corrected chi connectivity index (χ1v) is 9.80. The lowest BCUT2D eigenvalue weighted by Crippen LogP contribution is -2.36. The van der Waals surface area contributed by atoms with Crippen molar-refractivity contribution >= 4 is 35.1 Å². The van der Waals surface area contributed by atoms with E-state index >= 15 is 0 Å². The van der Waals surface area contributed by atoms with Gasteiger partial charge in [-0.3, -0.25) is 19.8 Å². The second-order valence-electron chi connectivity index (χ2n) is 7.30. The zero-order valence-corrected chi connectivity index (χ0v) is 17.1. The van der Waals surface area contributed by atoms with E-state index in [9.17, 15) is 9.59 Å². The highest BCUT2D eigenvalue weighted by Gasteiger charge is 2.20. The average molecular weight is 391 g/mol. The number of para-hydroxylation sites is 1. The van der Waals surface area contributed by atoms with Crippen LogP contribution in [0.2, 0.25) is 0 Å². The van der Waals surface area contributed by atoms with E-state index in [1.807, 2.05) is 51.3 Å². The molecule has 0 spiro atoms. The van der Waals surface area contributed by atoms with Gasteiger partial charge in [0.15, 0.2) is 0 Å². The molecule has 2 rings (SSSR count). The maximum Gasteiger partial charge on any atom is 0.240 e. The van der Waals surface area contributed by atoms with E-state index in [0.717, 1.165) is 16.3 Å². The Morgan fingerprint density at radius 2 is 1.78 bits per heavy atom. The molecule has 0 bridgehead atoms. The van der Waals surface area contributed by atoms with E-state index < -0.39 is 0 Å². The lowest BCUT2D eigenvalue weighted by Gasteiger charge is -2.16. The maximum atomic E-state index is 12.2. The standard InChI is InChI=1S/C19H26N4O3S/c1-19(2,3)15-10-18(26-22-15)21-17(25)12-23(4)11-16(24)20-13-8-6-7-9-14(13)27-5/h6-10H,11-12H2,1-5H3,(H,20,24)(H,21,25). The van der Waals surface area contributed by atoms with Crippen LogP contribution < -0.4 is 10.6 Å². The third-order valence-corrected chi connectivity index (χ3v) is 4.55. The number of benzene rings is 1. The molecular formula is C19H26N4O3S. The van der Waals surface area contributed by atoms with Crippen LogP contribution in [0.15, 0.2) is 39.8 Å². The van der Waals surface area contributed by atoms with E-state index in [4.69, 9.17) is 4.52 Å². The Morgan fingerprint density at radius 3 is 2.37 bits per heavy atom. The van der Waals surface area contributed by atoms with E-state index in [-0.39, 0.29) is 30.3 Å². The van der Waals surface area contributed by atoms with Gasteiger partial charge in [0.2, 0.25) is 17.7 Å². The number of likely N-dealkylation sites (N-methyl/N-ethyl adjacent to an activating group) is 1. The van der Waals surface area contributed by atoms with Gasteiger partial charge in [0, 0.05) is 16.4 Å². The van der Waals surface area contributed by atoms with E-state index in [0.29, 0.717) is 5.88 Å². The molecule has 27 heavy (non-hydrogen) atoms. The molecule has 7 nitrogen and oxygen atoms in total. The highest BCUT2D eigenvalue weighted by Crippen LogP contribution is 2.25. The summed E-state index contributed by atoms with van der Waals surface area (Å²) < 4.78 is 5.15. The smallest absolute Gasteiger partial charge is 0.240 e. The summed E-state index contributed by atoms with van der Waals surface area (Å²) >= 11 is 1.56. The summed E-state index contributed by atoms with van der Waals surface area (Å²) in [5.41, 5.74) is 1.37. The first-order chi connectivity index (χ1) is 12.7. The molecule has 1 aromatic carbocycles. The van der Waals surface area contributed by atoms with Gasteiger partial charge in [0.25, 0.3) is 0 Å². The third kappa shape index (κ3) is 6.41. The molecule has 146 valence electrons. The lowest BCUT2D eigenvalue weighted by atomic mass is 9.92. The van der Waals surface area contributed by atoms with Crippen LogP contribution in [0.25, 0.3) is 0 Å². The van der Waals surface area contributed by atoms with Crippen LogP contribution >= 0.6 is 11.8 Å². The summed E-state index contributed by atoms with van der Waals surface area (Å²) in [4.78, 5) is 27.0. The first kappa shape index (κ1) is 21.0. The van der Waals surface area contributed by atoms with Gasteiger partial charge in [-0.1, -0.05) is 38.1 Å². The monoisotopic (exact) mass is 390 g/mol. The minimum Gasteiger partial charge on any atom is -0.338 e. The van der Waals surface area contributed by atoms with Crippen LogP contribution in [0, 0.1) is 0 Å². The Kier molecular flexibility index (Phi) is 7.04. The number of nitrogens with one attached hydrogen (secondary N) is 2. The minimum atomic E-state index is -0.272. The fourth-order valence-electron chi connectivity index (χ4n) is 2.35. The van der Waals surface area contributed by atoms with Crippen LogP contribution in [0.1, 0.15) is 26.5 Å². The Labute approximate surface area is 163 Å². The molecule has 2 aromatic rings. The van der Waals surface area contributed by atoms with Crippen molar-refractivity contribution in [3.63, 3.8) is 0 Å². The van der Waals surface area contributed by atoms with Gasteiger partial charge in [0.1, 0.15) is 0 Å². The van der Waals surface area contributed by atoms with Gasteiger partial charge < -0.3 is 9.84 Å². The summed E-state index contributed by atoms with van der Waals surface area (Å²) in [5.74, 6) is -0.149. The van der Waals surface area contributed by atoms with Gasteiger partial charge in [-0.25, -0.2) is 0 Å². The molecule has 0 saturated carbocycles. The van der Waals surface area contributed by atoms with Gasteiger partial charge in [0.05, 0.1) is 24.5 Å². The van der Waals surface area contributed by atoms with Gasteiger partial charge in [-0.2, -0.15) is 0 Å². The van der Waals surface area contributed by atoms with Crippen molar-refractivity contribution in [2.75, 3.05) is 37.0 Å². The van der Waals surface area contributed by atoms with Crippen LogP contribution in [0.4, 0.5) is 11.6 Å². The molecule has 1 heterocycles. The molecule has 0 atom stereocenters. The number of nitrogens with zero attached hydrogens (tertiary/aromatic N) is 2. The van der Waals surface area contributed by atoms with E-state index in [2.05, 4.69) is 15.8 Å². The molecule has 8 heteroatoms. The lowest BCUT2D eigenvalue weighted by molar-refractivity contribution is -0.119. The van der Waals surface area contributed by atoms with Crippen molar-refractivity contribution in [2.45, 2.75) is 31.1 Å². The second kappa shape index (κ2) is 9.05. The fourth-order valence-corrected chi connectivity index (χ4v) is 2.90.